The number of aryl methyl sites for hydroxylation is 1. The summed E-state index contributed by atoms with van der Waals surface area (Å²) in [6.07, 6.45) is 6.76. The first-order valence-corrected chi connectivity index (χ1v) is 9.05. The summed E-state index contributed by atoms with van der Waals surface area (Å²) in [6.45, 7) is 1.93. The Morgan fingerprint density at radius 3 is 3.04 bits per heavy atom. The predicted octanol–water partition coefficient (Wildman–Crippen LogP) is 1.44. The van der Waals surface area contributed by atoms with Gasteiger partial charge < -0.3 is 10.1 Å². The van der Waals surface area contributed by atoms with Crippen molar-refractivity contribution in [1.29, 1.82) is 0 Å². The molecule has 2 bridgehead atoms. The monoisotopic (exact) mass is 364 g/mol. The van der Waals surface area contributed by atoms with Gasteiger partial charge in [0.25, 0.3) is 0 Å². The van der Waals surface area contributed by atoms with E-state index in [1.807, 2.05) is 31.4 Å². The minimum Gasteiger partial charge on any atom is -0.375 e. The molecule has 0 unspecified atom stereocenters. The Kier molecular flexibility index (Phi) is 3.87. The number of fused-ring (bicyclic) bond motifs is 3. The van der Waals surface area contributed by atoms with E-state index in [-0.39, 0.29) is 12.0 Å². The zero-order valence-electron chi connectivity index (χ0n) is 15.0. The molecule has 0 spiro atoms. The maximum Gasteiger partial charge on any atom is 0.239 e. The van der Waals surface area contributed by atoms with E-state index >= 15 is 0 Å². The third kappa shape index (κ3) is 3.17. The van der Waals surface area contributed by atoms with Gasteiger partial charge in [0.1, 0.15) is 5.82 Å². The van der Waals surface area contributed by atoms with Gasteiger partial charge >= 0.3 is 0 Å². The van der Waals surface area contributed by atoms with E-state index in [0.717, 1.165) is 41.7 Å². The van der Waals surface area contributed by atoms with Crippen LogP contribution in [0.4, 0.5) is 5.82 Å². The molecule has 0 radical (unpaired) electrons. The Labute approximate surface area is 156 Å². The van der Waals surface area contributed by atoms with E-state index in [1.165, 1.54) is 0 Å². The molecule has 8 heteroatoms. The quantitative estimate of drug-likeness (QED) is 0.754. The first-order chi connectivity index (χ1) is 13.1. The van der Waals surface area contributed by atoms with Crippen molar-refractivity contribution in [2.24, 2.45) is 7.05 Å². The van der Waals surface area contributed by atoms with Gasteiger partial charge in [0.05, 0.1) is 36.7 Å². The average Bonchev–Trinajstić information content (AvgIpc) is 3.38. The Balaban J connectivity index is 1.33. The Morgan fingerprint density at radius 2 is 2.30 bits per heavy atom. The molecule has 8 nitrogen and oxygen atoms in total. The van der Waals surface area contributed by atoms with Gasteiger partial charge in [-0.25, -0.2) is 9.97 Å². The lowest BCUT2D eigenvalue weighted by Gasteiger charge is -2.25. The fourth-order valence-electron chi connectivity index (χ4n) is 3.84. The lowest BCUT2D eigenvalue weighted by molar-refractivity contribution is -0.118. The molecule has 1 amide bonds. The second-order valence-electron chi connectivity index (χ2n) is 7.18. The van der Waals surface area contributed by atoms with Gasteiger partial charge in [0, 0.05) is 49.0 Å². The number of pyridine rings is 2. The maximum atomic E-state index is 12.4. The number of amides is 1. The predicted molar refractivity (Wildman–Crippen MR) is 100 cm³/mol. The highest BCUT2D eigenvalue weighted by atomic mass is 16.5. The lowest BCUT2D eigenvalue weighted by Crippen LogP contribution is -2.41. The van der Waals surface area contributed by atoms with Crippen LogP contribution in [0.25, 0.3) is 22.2 Å². The second-order valence-corrected chi connectivity index (χ2v) is 7.18. The van der Waals surface area contributed by atoms with Crippen LogP contribution in [0, 0.1) is 0 Å². The summed E-state index contributed by atoms with van der Waals surface area (Å²) in [5, 5.41) is 8.01. The number of carbonyl (C=O) groups is 1. The van der Waals surface area contributed by atoms with Crippen LogP contribution < -0.4 is 5.32 Å². The maximum absolute atomic E-state index is 12.4. The van der Waals surface area contributed by atoms with Crippen molar-refractivity contribution in [1.82, 2.24) is 24.6 Å². The molecule has 5 heterocycles. The van der Waals surface area contributed by atoms with Gasteiger partial charge in [0.2, 0.25) is 5.91 Å². The second kappa shape index (κ2) is 6.40. The van der Waals surface area contributed by atoms with Crippen LogP contribution in [0.3, 0.4) is 0 Å². The highest BCUT2D eigenvalue weighted by molar-refractivity contribution is 5.93. The van der Waals surface area contributed by atoms with Crippen LogP contribution in [-0.4, -0.2) is 62.4 Å². The Bertz CT molecular complexity index is 1020. The third-order valence-electron chi connectivity index (χ3n) is 5.20. The average molecular weight is 364 g/mol. The van der Waals surface area contributed by atoms with Gasteiger partial charge in [-0.2, -0.15) is 5.10 Å². The van der Waals surface area contributed by atoms with E-state index in [0.29, 0.717) is 18.4 Å². The molecule has 2 saturated heterocycles. The molecule has 138 valence electrons. The van der Waals surface area contributed by atoms with Crippen molar-refractivity contribution in [3.05, 3.63) is 36.8 Å². The Hall–Kier alpha value is -2.84. The van der Waals surface area contributed by atoms with Crippen LogP contribution in [0.5, 0.6) is 0 Å². The highest BCUT2D eigenvalue weighted by Crippen LogP contribution is 2.27. The van der Waals surface area contributed by atoms with Crippen LogP contribution >= 0.6 is 0 Å². The number of carbonyl (C=O) groups excluding carboxylic acids is 1. The smallest absolute Gasteiger partial charge is 0.239 e. The molecule has 5 rings (SSSR count). The number of hydrogen-bond donors (Lipinski definition) is 1. The lowest BCUT2D eigenvalue weighted by atomic mass is 10.2. The zero-order chi connectivity index (χ0) is 18.4. The molecule has 2 aliphatic rings. The summed E-state index contributed by atoms with van der Waals surface area (Å²) < 4.78 is 7.32. The first kappa shape index (κ1) is 16.3. The van der Waals surface area contributed by atoms with Crippen molar-refractivity contribution < 1.29 is 9.53 Å². The van der Waals surface area contributed by atoms with E-state index in [4.69, 9.17) is 4.74 Å². The molecule has 3 aromatic heterocycles. The molecule has 0 aromatic carbocycles. The van der Waals surface area contributed by atoms with Gasteiger partial charge in [-0.15, -0.1) is 0 Å². The number of aromatic nitrogens is 4. The van der Waals surface area contributed by atoms with Crippen molar-refractivity contribution in [3.63, 3.8) is 0 Å². The molecule has 2 fully saturated rings. The summed E-state index contributed by atoms with van der Waals surface area (Å²) in [4.78, 5) is 23.6. The number of hydrogen-bond acceptors (Lipinski definition) is 6. The molecule has 2 aliphatic heterocycles. The van der Waals surface area contributed by atoms with E-state index in [9.17, 15) is 4.79 Å². The SMILES string of the molecule is Cn1cc(-c2ccc3cnc(NC(=O)CN4C[C@@H]5C[C@H]4CO5)cc3n2)cn1. The highest BCUT2D eigenvalue weighted by Gasteiger charge is 2.39. The van der Waals surface area contributed by atoms with Gasteiger partial charge in [-0.1, -0.05) is 0 Å². The first-order valence-electron chi connectivity index (χ1n) is 9.05. The minimum absolute atomic E-state index is 0.0576. The topological polar surface area (TPSA) is 85.2 Å². The van der Waals surface area contributed by atoms with Gasteiger partial charge in [-0.05, 0) is 18.6 Å². The number of rotatable bonds is 4. The Morgan fingerprint density at radius 1 is 1.37 bits per heavy atom. The third-order valence-corrected chi connectivity index (χ3v) is 5.20. The summed E-state index contributed by atoms with van der Waals surface area (Å²) in [7, 11) is 1.88. The molecular formula is C19H20N6O2. The van der Waals surface area contributed by atoms with Gasteiger partial charge in [-0.3, -0.25) is 14.4 Å². The summed E-state index contributed by atoms with van der Waals surface area (Å²) in [6, 6.07) is 6.11. The normalized spacial score (nSPS) is 21.8. The van der Waals surface area contributed by atoms with E-state index in [2.05, 4.69) is 25.3 Å². The minimum atomic E-state index is -0.0576. The molecular weight excluding hydrogens is 344 g/mol. The summed E-state index contributed by atoms with van der Waals surface area (Å²) >= 11 is 0. The van der Waals surface area contributed by atoms with Crippen molar-refractivity contribution in [2.75, 3.05) is 25.0 Å². The molecule has 2 atom stereocenters. The number of morpholine rings is 1. The van der Waals surface area contributed by atoms with Crippen LogP contribution in [0.15, 0.2) is 36.8 Å². The van der Waals surface area contributed by atoms with E-state index in [1.54, 1.807) is 17.1 Å². The number of anilines is 1. The number of ether oxygens (including phenoxy) is 1. The van der Waals surface area contributed by atoms with Crippen LogP contribution in [0.2, 0.25) is 0 Å². The van der Waals surface area contributed by atoms with Crippen LogP contribution in [0.1, 0.15) is 6.42 Å². The molecule has 0 aliphatic carbocycles. The fourth-order valence-corrected chi connectivity index (χ4v) is 3.84. The standard InChI is InChI=1S/C19H20N6O2/c1-24-8-13(7-21-24)16-3-2-12-6-20-18(5-17(12)22-16)23-19(26)10-25-9-15-4-14(25)11-27-15/h2-3,5-8,14-15H,4,9-11H2,1H3,(H,20,23,26)/t14-,15-/m0/s1. The largest absolute Gasteiger partial charge is 0.375 e. The van der Waals surface area contributed by atoms with E-state index < -0.39 is 0 Å². The summed E-state index contributed by atoms with van der Waals surface area (Å²) in [5.74, 6) is 0.460. The van der Waals surface area contributed by atoms with Crippen LogP contribution in [-0.2, 0) is 16.6 Å². The molecule has 27 heavy (non-hydrogen) atoms. The summed E-state index contributed by atoms with van der Waals surface area (Å²) in [5.41, 5.74) is 2.58. The number of likely N-dealkylation sites (tertiary alicyclic amines) is 1. The van der Waals surface area contributed by atoms with Gasteiger partial charge in [0.15, 0.2) is 0 Å². The fraction of sp³-hybridized carbons (Fsp3) is 0.368. The number of nitrogens with one attached hydrogen (secondary N) is 1. The zero-order valence-corrected chi connectivity index (χ0v) is 15.0. The van der Waals surface area contributed by atoms with Crippen molar-refractivity contribution >= 4 is 22.6 Å². The number of nitrogens with zero attached hydrogens (tertiary/aromatic N) is 5. The molecule has 0 saturated carbocycles. The molecule has 3 aromatic rings. The molecule has 1 N–H and O–H groups in total. The van der Waals surface area contributed by atoms with Crippen molar-refractivity contribution in [2.45, 2.75) is 18.6 Å². The van der Waals surface area contributed by atoms with Crippen molar-refractivity contribution in [3.8, 4) is 11.3 Å².